The van der Waals surface area contributed by atoms with Gasteiger partial charge in [-0.15, -0.1) is 0 Å². The fourth-order valence-corrected chi connectivity index (χ4v) is 1.88. The number of carbonyl (C=O) groups is 2. The summed E-state index contributed by atoms with van der Waals surface area (Å²) >= 11 is 0. The summed E-state index contributed by atoms with van der Waals surface area (Å²) in [6.45, 7) is 4.14. The molecule has 0 aromatic carbocycles. The fourth-order valence-electron chi connectivity index (χ4n) is 1.88. The first-order valence-electron chi connectivity index (χ1n) is 7.31. The Balaban J connectivity index is 4.11. The van der Waals surface area contributed by atoms with Crippen LogP contribution in [0.5, 0.6) is 0 Å². The minimum absolute atomic E-state index is 0.347. The lowest BCUT2D eigenvalue weighted by atomic mass is 10.1. The first-order valence-corrected chi connectivity index (χ1v) is 7.31. The molecule has 5 heteroatoms. The third kappa shape index (κ3) is 8.59. The first kappa shape index (κ1) is 17.9. The normalized spacial score (nSPS) is 13.8. The van der Waals surface area contributed by atoms with Gasteiger partial charge in [0, 0.05) is 0 Å². The zero-order valence-electron chi connectivity index (χ0n) is 12.2. The van der Waals surface area contributed by atoms with E-state index in [9.17, 15) is 9.59 Å². The van der Waals surface area contributed by atoms with Crippen LogP contribution in [0.25, 0.3) is 0 Å². The molecule has 2 atom stereocenters. The molecule has 19 heavy (non-hydrogen) atoms. The van der Waals surface area contributed by atoms with E-state index in [-0.39, 0.29) is 5.91 Å². The van der Waals surface area contributed by atoms with Crippen molar-refractivity contribution in [3.8, 4) is 0 Å². The summed E-state index contributed by atoms with van der Waals surface area (Å²) in [5, 5.41) is 11.6. The molecule has 0 saturated heterocycles. The van der Waals surface area contributed by atoms with E-state index in [1.54, 1.807) is 0 Å². The van der Waals surface area contributed by atoms with E-state index in [1.165, 1.54) is 0 Å². The van der Waals surface area contributed by atoms with Gasteiger partial charge in [-0.25, -0.2) is 4.79 Å². The Kier molecular flexibility index (Phi) is 10.2. The third-order valence-electron chi connectivity index (χ3n) is 3.17. The van der Waals surface area contributed by atoms with Crippen molar-refractivity contribution in [1.29, 1.82) is 0 Å². The molecule has 0 radical (unpaired) electrons. The van der Waals surface area contributed by atoms with Crippen molar-refractivity contribution in [3.63, 3.8) is 0 Å². The number of carboxylic acid groups (broad SMARTS) is 1. The minimum atomic E-state index is -0.981. The van der Waals surface area contributed by atoms with Gasteiger partial charge in [-0.1, -0.05) is 52.4 Å². The lowest BCUT2D eigenvalue weighted by Gasteiger charge is -2.17. The highest BCUT2D eigenvalue weighted by molar-refractivity contribution is 5.86. The zero-order valence-corrected chi connectivity index (χ0v) is 12.2. The maximum absolute atomic E-state index is 11.8. The number of hydrogen-bond acceptors (Lipinski definition) is 3. The number of carboxylic acids is 1. The Bertz CT molecular complexity index is 269. The van der Waals surface area contributed by atoms with Crippen LogP contribution in [0.3, 0.4) is 0 Å². The molecule has 4 N–H and O–H groups in total. The Hall–Kier alpha value is -1.10. The SMILES string of the molecule is CCCCCC(NC(=O)[C@@H](N)CCCCC)C(=O)O. The van der Waals surface area contributed by atoms with Gasteiger partial charge in [0.25, 0.3) is 0 Å². The minimum Gasteiger partial charge on any atom is -0.480 e. The van der Waals surface area contributed by atoms with E-state index in [0.29, 0.717) is 12.8 Å². The topological polar surface area (TPSA) is 92.4 Å². The van der Waals surface area contributed by atoms with Gasteiger partial charge in [0.1, 0.15) is 6.04 Å². The van der Waals surface area contributed by atoms with Crippen LogP contribution < -0.4 is 11.1 Å². The van der Waals surface area contributed by atoms with E-state index in [0.717, 1.165) is 38.5 Å². The molecule has 112 valence electrons. The molecule has 1 unspecified atom stereocenters. The van der Waals surface area contributed by atoms with Crippen LogP contribution in [0.1, 0.15) is 65.2 Å². The van der Waals surface area contributed by atoms with E-state index < -0.39 is 18.1 Å². The molecule has 1 amide bonds. The molecule has 0 fully saturated rings. The van der Waals surface area contributed by atoms with Crippen molar-refractivity contribution >= 4 is 11.9 Å². The van der Waals surface area contributed by atoms with Gasteiger partial charge in [0.2, 0.25) is 5.91 Å². The van der Waals surface area contributed by atoms with Gasteiger partial charge in [-0.3, -0.25) is 4.79 Å². The van der Waals surface area contributed by atoms with Gasteiger partial charge in [0.05, 0.1) is 6.04 Å². The maximum Gasteiger partial charge on any atom is 0.326 e. The molecular formula is C14H28N2O3. The van der Waals surface area contributed by atoms with Gasteiger partial charge >= 0.3 is 5.97 Å². The van der Waals surface area contributed by atoms with Gasteiger partial charge in [-0.2, -0.15) is 0 Å². The molecular weight excluding hydrogens is 244 g/mol. The van der Waals surface area contributed by atoms with Crippen LogP contribution in [0.15, 0.2) is 0 Å². The molecule has 0 aliphatic heterocycles. The van der Waals surface area contributed by atoms with Gasteiger partial charge in [-0.05, 0) is 12.8 Å². The second-order valence-electron chi connectivity index (χ2n) is 5.00. The summed E-state index contributed by atoms with van der Waals surface area (Å²) in [6.07, 6.45) is 6.90. The number of aliphatic carboxylic acids is 1. The number of unbranched alkanes of at least 4 members (excludes halogenated alkanes) is 4. The average molecular weight is 272 g/mol. The molecule has 5 nitrogen and oxygen atoms in total. The lowest BCUT2D eigenvalue weighted by molar-refractivity contribution is -0.142. The van der Waals surface area contributed by atoms with Crippen LogP contribution >= 0.6 is 0 Å². The molecule has 0 bridgehead atoms. The van der Waals surface area contributed by atoms with E-state index in [2.05, 4.69) is 19.2 Å². The standard InChI is InChI=1S/C14H28N2O3/c1-3-5-7-9-11(15)13(17)16-12(14(18)19)10-8-6-4-2/h11-12H,3-10,15H2,1-2H3,(H,16,17)(H,18,19)/t11-,12?/m0/s1. The number of carbonyl (C=O) groups excluding carboxylic acids is 1. The second kappa shape index (κ2) is 10.8. The third-order valence-corrected chi connectivity index (χ3v) is 3.17. The molecule has 0 spiro atoms. The zero-order chi connectivity index (χ0) is 14.7. The number of amides is 1. The van der Waals surface area contributed by atoms with Crippen molar-refractivity contribution in [2.45, 2.75) is 77.3 Å². The highest BCUT2D eigenvalue weighted by Gasteiger charge is 2.22. The lowest BCUT2D eigenvalue weighted by Crippen LogP contribution is -2.48. The summed E-state index contributed by atoms with van der Waals surface area (Å²) in [7, 11) is 0. The van der Waals surface area contributed by atoms with Crippen LogP contribution in [0.2, 0.25) is 0 Å². The summed E-state index contributed by atoms with van der Waals surface area (Å²) in [5.74, 6) is -1.33. The van der Waals surface area contributed by atoms with Gasteiger partial charge in [0.15, 0.2) is 0 Å². The van der Waals surface area contributed by atoms with Crippen molar-refractivity contribution in [2.75, 3.05) is 0 Å². The molecule has 0 aromatic heterocycles. The maximum atomic E-state index is 11.8. The van der Waals surface area contributed by atoms with E-state index in [1.807, 2.05) is 0 Å². The van der Waals surface area contributed by atoms with Crippen molar-refractivity contribution in [2.24, 2.45) is 5.73 Å². The summed E-state index contributed by atoms with van der Waals surface area (Å²) < 4.78 is 0. The van der Waals surface area contributed by atoms with Crippen molar-refractivity contribution < 1.29 is 14.7 Å². The molecule has 0 aromatic rings. The fraction of sp³-hybridized carbons (Fsp3) is 0.857. The van der Waals surface area contributed by atoms with E-state index >= 15 is 0 Å². The highest BCUT2D eigenvalue weighted by atomic mass is 16.4. The van der Waals surface area contributed by atoms with Crippen molar-refractivity contribution in [1.82, 2.24) is 5.32 Å². The van der Waals surface area contributed by atoms with Crippen LogP contribution in [0.4, 0.5) is 0 Å². The quantitative estimate of drug-likeness (QED) is 0.502. The Morgan fingerprint density at radius 2 is 1.58 bits per heavy atom. The Morgan fingerprint density at radius 3 is 2.05 bits per heavy atom. The number of nitrogens with two attached hydrogens (primary N) is 1. The van der Waals surface area contributed by atoms with Crippen LogP contribution in [-0.4, -0.2) is 29.1 Å². The number of rotatable bonds is 11. The number of nitrogens with one attached hydrogen (secondary N) is 1. The molecule has 0 aliphatic carbocycles. The smallest absolute Gasteiger partial charge is 0.326 e. The molecule has 0 saturated carbocycles. The Morgan fingerprint density at radius 1 is 1.05 bits per heavy atom. The number of hydrogen-bond donors (Lipinski definition) is 3. The Labute approximate surface area is 115 Å². The molecule has 0 aliphatic rings. The molecule has 0 heterocycles. The second-order valence-corrected chi connectivity index (χ2v) is 5.00. The van der Waals surface area contributed by atoms with Crippen LogP contribution in [-0.2, 0) is 9.59 Å². The first-order chi connectivity index (χ1) is 9.02. The van der Waals surface area contributed by atoms with E-state index in [4.69, 9.17) is 10.8 Å². The molecule has 0 rings (SSSR count). The predicted molar refractivity (Wildman–Crippen MR) is 75.8 cm³/mol. The van der Waals surface area contributed by atoms with Crippen molar-refractivity contribution in [3.05, 3.63) is 0 Å². The predicted octanol–water partition coefficient (Wildman–Crippen LogP) is 2.04. The summed E-state index contributed by atoms with van der Waals surface area (Å²) in [6, 6.07) is -1.41. The van der Waals surface area contributed by atoms with Crippen LogP contribution in [0, 0.1) is 0 Å². The average Bonchev–Trinajstić information content (AvgIpc) is 2.37. The monoisotopic (exact) mass is 272 g/mol. The summed E-state index contributed by atoms with van der Waals surface area (Å²) in [4.78, 5) is 22.8. The summed E-state index contributed by atoms with van der Waals surface area (Å²) in [5.41, 5.74) is 5.76. The van der Waals surface area contributed by atoms with Gasteiger partial charge < -0.3 is 16.2 Å². The largest absolute Gasteiger partial charge is 0.480 e. The highest BCUT2D eigenvalue weighted by Crippen LogP contribution is 2.06.